The van der Waals surface area contributed by atoms with Crippen LogP contribution in [0, 0.1) is 0 Å². The zero-order chi connectivity index (χ0) is 21.9. The summed E-state index contributed by atoms with van der Waals surface area (Å²) in [4.78, 5) is 37.5. The molecule has 2 aliphatic rings. The normalized spacial score (nSPS) is 21.5. The fourth-order valence-electron chi connectivity index (χ4n) is 4.41. The maximum atomic E-state index is 13.2. The van der Waals surface area contributed by atoms with E-state index in [0.717, 1.165) is 16.7 Å². The van der Waals surface area contributed by atoms with Crippen molar-refractivity contribution in [2.45, 2.75) is 44.7 Å². The Morgan fingerprint density at radius 2 is 1.90 bits per heavy atom. The summed E-state index contributed by atoms with van der Waals surface area (Å²) in [6.45, 7) is 4.36. The van der Waals surface area contributed by atoms with Crippen molar-refractivity contribution < 1.29 is 14.6 Å². The molecule has 2 aliphatic heterocycles. The lowest BCUT2D eigenvalue weighted by atomic mass is 9.85. The molecule has 1 amide bonds. The molecule has 0 aromatic heterocycles. The first-order valence-electron chi connectivity index (χ1n) is 10.2. The van der Waals surface area contributed by atoms with Crippen LogP contribution in [0.2, 0.25) is 0 Å². The Hall–Kier alpha value is -3.45. The molecule has 2 heterocycles. The molecule has 0 spiro atoms. The summed E-state index contributed by atoms with van der Waals surface area (Å²) >= 11 is 0. The molecular formula is C24H22N2O5. The molecular weight excluding hydrogens is 396 g/mol. The van der Waals surface area contributed by atoms with E-state index in [1.54, 1.807) is 11.0 Å². The molecule has 0 saturated carbocycles. The largest absolute Gasteiger partial charge is 0.485 e. The molecule has 2 atom stereocenters. The van der Waals surface area contributed by atoms with E-state index in [1.165, 1.54) is 6.07 Å². The number of amides is 1. The smallest absolute Gasteiger partial charge is 0.255 e. The van der Waals surface area contributed by atoms with Gasteiger partial charge in [-0.1, -0.05) is 24.3 Å². The lowest BCUT2D eigenvalue weighted by Gasteiger charge is -2.45. The van der Waals surface area contributed by atoms with E-state index in [-0.39, 0.29) is 5.91 Å². The number of hydrogen-bond donors (Lipinski definition) is 2. The fraction of sp³-hybridized carbons (Fsp3) is 0.292. The number of rotatable bonds is 4. The van der Waals surface area contributed by atoms with Gasteiger partial charge in [-0.3, -0.25) is 14.4 Å². The van der Waals surface area contributed by atoms with Crippen molar-refractivity contribution in [2.24, 2.45) is 0 Å². The highest BCUT2D eigenvalue weighted by Gasteiger charge is 2.48. The topological polar surface area (TPSA) is 95.9 Å². The average Bonchev–Trinajstić information content (AvgIpc) is 3.08. The van der Waals surface area contributed by atoms with E-state index in [9.17, 15) is 19.5 Å². The van der Waals surface area contributed by atoms with Crippen molar-refractivity contribution >= 4 is 11.6 Å². The van der Waals surface area contributed by atoms with Crippen LogP contribution >= 0.6 is 0 Å². The maximum absolute atomic E-state index is 13.2. The van der Waals surface area contributed by atoms with Crippen LogP contribution in [0.1, 0.15) is 46.9 Å². The van der Waals surface area contributed by atoms with E-state index in [1.807, 2.05) is 50.2 Å². The molecule has 0 fully saturated rings. The summed E-state index contributed by atoms with van der Waals surface area (Å²) in [5.41, 5.74) is 1.55. The number of carbonyl (C=O) groups is 1. The van der Waals surface area contributed by atoms with Gasteiger partial charge in [0.25, 0.3) is 5.91 Å². The summed E-state index contributed by atoms with van der Waals surface area (Å²) < 4.78 is 6.06. The highest BCUT2D eigenvalue weighted by Crippen LogP contribution is 2.45. The molecule has 5 rings (SSSR count). The van der Waals surface area contributed by atoms with Crippen LogP contribution in [0.3, 0.4) is 0 Å². The summed E-state index contributed by atoms with van der Waals surface area (Å²) in [6, 6.07) is 13.7. The maximum Gasteiger partial charge on any atom is 0.255 e. The third-order valence-corrected chi connectivity index (χ3v) is 6.19. The Bertz CT molecular complexity index is 1270. The molecule has 2 unspecified atom stereocenters. The van der Waals surface area contributed by atoms with Gasteiger partial charge in [-0.15, -0.1) is 0 Å². The molecule has 2 N–H and O–H groups in total. The molecule has 7 heteroatoms. The van der Waals surface area contributed by atoms with E-state index in [2.05, 4.69) is 5.32 Å². The lowest BCUT2D eigenvalue weighted by molar-refractivity contribution is -0.0868. The summed E-state index contributed by atoms with van der Waals surface area (Å²) in [7, 11) is 0. The van der Waals surface area contributed by atoms with Crippen molar-refractivity contribution in [2.75, 3.05) is 5.32 Å². The predicted octanol–water partition coefficient (Wildman–Crippen LogP) is 2.12. The van der Waals surface area contributed by atoms with Gasteiger partial charge in [0.1, 0.15) is 17.5 Å². The first-order valence-corrected chi connectivity index (χ1v) is 10.2. The fourth-order valence-corrected chi connectivity index (χ4v) is 4.41. The number of aliphatic hydroxyl groups is 1. The quantitative estimate of drug-likeness (QED) is 0.630. The Balaban J connectivity index is 1.50. The Morgan fingerprint density at radius 3 is 2.61 bits per heavy atom. The minimum atomic E-state index is -0.935. The molecule has 3 aromatic carbocycles. The van der Waals surface area contributed by atoms with Gasteiger partial charge in [-0.2, -0.15) is 0 Å². The Labute approximate surface area is 178 Å². The van der Waals surface area contributed by atoms with Crippen LogP contribution in [-0.2, 0) is 13.1 Å². The number of carbonyl (C=O) groups excluding carboxylic acids is 1. The molecule has 0 bridgehead atoms. The number of ether oxygens (including phenoxy) is 1. The minimum Gasteiger partial charge on any atom is -0.485 e. The zero-order valence-corrected chi connectivity index (χ0v) is 17.2. The number of benzene rings is 2. The third kappa shape index (κ3) is 3.04. The Morgan fingerprint density at radius 1 is 1.13 bits per heavy atom. The van der Waals surface area contributed by atoms with Gasteiger partial charge in [-0.05, 0) is 43.2 Å². The highest BCUT2D eigenvalue weighted by atomic mass is 16.5. The summed E-state index contributed by atoms with van der Waals surface area (Å²) in [5, 5.41) is 14.2. The van der Waals surface area contributed by atoms with Crippen LogP contribution in [0.15, 0.2) is 58.1 Å². The molecule has 31 heavy (non-hydrogen) atoms. The van der Waals surface area contributed by atoms with Crippen LogP contribution in [-0.4, -0.2) is 27.6 Å². The van der Waals surface area contributed by atoms with E-state index >= 15 is 0 Å². The molecule has 7 nitrogen and oxygen atoms in total. The van der Waals surface area contributed by atoms with Gasteiger partial charge in [0, 0.05) is 30.3 Å². The molecule has 0 aliphatic carbocycles. The Kier molecular flexibility index (Phi) is 4.27. The predicted molar refractivity (Wildman–Crippen MR) is 115 cm³/mol. The third-order valence-electron chi connectivity index (χ3n) is 6.19. The number of nitrogens with zero attached hydrogens (tertiary/aromatic N) is 1. The van der Waals surface area contributed by atoms with Crippen molar-refractivity contribution in [3.63, 3.8) is 0 Å². The standard InChI is InChI=1S/C24H22N2O5/c1-24(2)22(29)20(26-12-14-5-3-4-6-15(14)23(26)30)16-9-13(7-8-19(16)31-24)11-25-17-10-18(27)21(17)28/h3-10,20,22,25,29H,11-12H2,1-2H3. The molecule has 0 saturated heterocycles. The van der Waals surface area contributed by atoms with Crippen LogP contribution in [0.5, 0.6) is 5.75 Å². The molecule has 158 valence electrons. The van der Waals surface area contributed by atoms with E-state index < -0.39 is 28.6 Å². The summed E-state index contributed by atoms with van der Waals surface area (Å²) in [6.07, 6.45) is -0.935. The minimum absolute atomic E-state index is 0.115. The van der Waals surface area contributed by atoms with Crippen molar-refractivity contribution in [3.8, 4) is 5.75 Å². The number of nitrogens with one attached hydrogen (secondary N) is 1. The average molecular weight is 418 g/mol. The van der Waals surface area contributed by atoms with Crippen molar-refractivity contribution in [1.29, 1.82) is 0 Å². The number of anilines is 1. The first kappa shape index (κ1) is 19.5. The van der Waals surface area contributed by atoms with Gasteiger partial charge in [0.15, 0.2) is 0 Å². The van der Waals surface area contributed by atoms with E-state index in [0.29, 0.717) is 30.1 Å². The van der Waals surface area contributed by atoms with Crippen molar-refractivity contribution in [1.82, 2.24) is 4.90 Å². The number of fused-ring (bicyclic) bond motifs is 2. The van der Waals surface area contributed by atoms with Gasteiger partial charge >= 0.3 is 0 Å². The number of hydrogen-bond acceptors (Lipinski definition) is 6. The molecule has 3 aromatic rings. The second kappa shape index (κ2) is 6.78. The van der Waals surface area contributed by atoms with E-state index in [4.69, 9.17) is 4.74 Å². The first-order chi connectivity index (χ1) is 14.8. The lowest BCUT2D eigenvalue weighted by Crippen LogP contribution is -2.53. The zero-order valence-electron chi connectivity index (χ0n) is 17.2. The van der Waals surface area contributed by atoms with Crippen molar-refractivity contribution in [3.05, 3.63) is 91.2 Å². The van der Waals surface area contributed by atoms with Crippen LogP contribution in [0.4, 0.5) is 5.69 Å². The second-order valence-electron chi connectivity index (χ2n) is 8.66. The SMILES string of the molecule is CC1(C)Oc2ccc(CNc3cc(=O)c3=O)cc2C(N2Cc3ccccc3C2=O)C1O. The number of aliphatic hydroxyl groups excluding tert-OH is 1. The van der Waals surface area contributed by atoms with Crippen LogP contribution < -0.4 is 20.9 Å². The van der Waals surface area contributed by atoms with Gasteiger partial charge < -0.3 is 20.1 Å². The monoisotopic (exact) mass is 418 g/mol. The molecule has 0 radical (unpaired) electrons. The van der Waals surface area contributed by atoms with Crippen LogP contribution in [0.25, 0.3) is 0 Å². The second-order valence-corrected chi connectivity index (χ2v) is 8.66. The van der Waals surface area contributed by atoms with Gasteiger partial charge in [-0.25, -0.2) is 0 Å². The van der Waals surface area contributed by atoms with Gasteiger partial charge in [0.05, 0.1) is 11.7 Å². The highest BCUT2D eigenvalue weighted by molar-refractivity contribution is 5.98. The van der Waals surface area contributed by atoms with Gasteiger partial charge in [0.2, 0.25) is 10.9 Å². The summed E-state index contributed by atoms with van der Waals surface area (Å²) in [5.74, 6) is 0.498.